The van der Waals surface area contributed by atoms with Gasteiger partial charge in [0.25, 0.3) is 0 Å². The molecule has 1 aromatic carbocycles. The van der Waals surface area contributed by atoms with Crippen molar-refractivity contribution >= 4 is 11.7 Å². The first-order valence-electron chi connectivity index (χ1n) is 5.55. The van der Waals surface area contributed by atoms with Crippen LogP contribution < -0.4 is 5.73 Å². The molecule has 18 heavy (non-hydrogen) atoms. The van der Waals surface area contributed by atoms with Crippen molar-refractivity contribution in [3.63, 3.8) is 0 Å². The predicted molar refractivity (Wildman–Crippen MR) is 69.2 cm³/mol. The monoisotopic (exact) mass is 242 g/mol. The number of aliphatic carboxylic acids is 1. The zero-order valence-corrected chi connectivity index (χ0v) is 10.00. The van der Waals surface area contributed by atoms with Crippen molar-refractivity contribution in [3.8, 4) is 0 Å². The van der Waals surface area contributed by atoms with Gasteiger partial charge in [0.1, 0.15) is 5.41 Å². The second-order valence-electron chi connectivity index (χ2n) is 4.25. The van der Waals surface area contributed by atoms with Crippen LogP contribution in [0, 0.1) is 0 Å². The number of benzene rings is 1. The van der Waals surface area contributed by atoms with E-state index in [1.54, 1.807) is 55.7 Å². The Kier molecular flexibility index (Phi) is 3.02. The topological polar surface area (TPSA) is 76.2 Å². The Labute approximate surface area is 105 Å². The van der Waals surface area contributed by atoms with Crippen molar-refractivity contribution in [3.05, 3.63) is 59.9 Å². The molecule has 0 saturated carbocycles. The van der Waals surface area contributed by atoms with Crippen LogP contribution in [0.1, 0.15) is 18.1 Å². The smallest absolute Gasteiger partial charge is 0.318 e. The minimum atomic E-state index is -1.17. The van der Waals surface area contributed by atoms with Gasteiger partial charge >= 0.3 is 5.97 Å². The first kappa shape index (κ1) is 12.1. The summed E-state index contributed by atoms with van der Waals surface area (Å²) in [5.74, 6) is -0.938. The predicted octanol–water partition coefficient (Wildman–Crippen LogP) is 2.05. The molecule has 0 aliphatic heterocycles. The number of hydrogen-bond acceptors (Lipinski definition) is 3. The zero-order chi connectivity index (χ0) is 13.2. The summed E-state index contributed by atoms with van der Waals surface area (Å²) < 4.78 is 0. The number of carboxylic acids is 1. The van der Waals surface area contributed by atoms with Gasteiger partial charge < -0.3 is 10.8 Å². The van der Waals surface area contributed by atoms with E-state index in [4.69, 9.17) is 5.73 Å². The first-order chi connectivity index (χ1) is 8.56. The number of nitrogen functional groups attached to an aromatic ring is 1. The van der Waals surface area contributed by atoms with Gasteiger partial charge in [0.05, 0.1) is 0 Å². The van der Waals surface area contributed by atoms with E-state index in [0.29, 0.717) is 16.8 Å². The summed E-state index contributed by atoms with van der Waals surface area (Å²) in [4.78, 5) is 15.6. The van der Waals surface area contributed by atoms with Gasteiger partial charge in [0.2, 0.25) is 0 Å². The number of anilines is 1. The number of pyridine rings is 1. The van der Waals surface area contributed by atoms with E-state index in [2.05, 4.69) is 4.98 Å². The molecule has 1 atom stereocenters. The molecular formula is C14H14N2O2. The van der Waals surface area contributed by atoms with E-state index in [-0.39, 0.29) is 0 Å². The van der Waals surface area contributed by atoms with E-state index in [0.717, 1.165) is 0 Å². The van der Waals surface area contributed by atoms with Crippen molar-refractivity contribution in [1.29, 1.82) is 0 Å². The second kappa shape index (κ2) is 4.49. The van der Waals surface area contributed by atoms with E-state index in [1.165, 1.54) is 0 Å². The molecule has 92 valence electrons. The summed E-state index contributed by atoms with van der Waals surface area (Å²) in [6.45, 7) is 1.65. The molecule has 1 unspecified atom stereocenters. The molecule has 0 fully saturated rings. The summed E-state index contributed by atoms with van der Waals surface area (Å²) in [5, 5.41) is 9.59. The van der Waals surface area contributed by atoms with E-state index >= 15 is 0 Å². The molecule has 0 amide bonds. The van der Waals surface area contributed by atoms with Crippen LogP contribution >= 0.6 is 0 Å². The van der Waals surface area contributed by atoms with Crippen molar-refractivity contribution in [2.45, 2.75) is 12.3 Å². The van der Waals surface area contributed by atoms with E-state index in [1.807, 2.05) is 0 Å². The van der Waals surface area contributed by atoms with E-state index < -0.39 is 11.4 Å². The largest absolute Gasteiger partial charge is 0.480 e. The maximum Gasteiger partial charge on any atom is 0.318 e. The number of nitrogens with zero attached hydrogens (tertiary/aromatic N) is 1. The highest BCUT2D eigenvalue weighted by Crippen LogP contribution is 2.35. The number of para-hydroxylation sites is 1. The third-order valence-corrected chi connectivity index (χ3v) is 3.18. The van der Waals surface area contributed by atoms with Crippen LogP contribution in [-0.4, -0.2) is 16.1 Å². The Morgan fingerprint density at radius 1 is 1.22 bits per heavy atom. The van der Waals surface area contributed by atoms with Crippen LogP contribution in [-0.2, 0) is 10.2 Å². The van der Waals surface area contributed by atoms with E-state index in [9.17, 15) is 9.90 Å². The van der Waals surface area contributed by atoms with Crippen LogP contribution in [0.3, 0.4) is 0 Å². The highest BCUT2D eigenvalue weighted by Gasteiger charge is 2.38. The van der Waals surface area contributed by atoms with Crippen molar-refractivity contribution in [2.75, 3.05) is 5.73 Å². The average Bonchev–Trinajstić information content (AvgIpc) is 2.39. The van der Waals surface area contributed by atoms with Gasteiger partial charge in [0, 0.05) is 18.1 Å². The number of aromatic nitrogens is 1. The molecule has 2 aromatic rings. The summed E-state index contributed by atoms with van der Waals surface area (Å²) in [6.07, 6.45) is 3.16. The highest BCUT2D eigenvalue weighted by molar-refractivity contribution is 5.87. The lowest BCUT2D eigenvalue weighted by Crippen LogP contribution is -2.34. The molecule has 0 bridgehead atoms. The summed E-state index contributed by atoms with van der Waals surface area (Å²) in [6, 6.07) is 10.4. The lowest BCUT2D eigenvalue weighted by Gasteiger charge is -2.27. The second-order valence-corrected chi connectivity index (χ2v) is 4.25. The molecular weight excluding hydrogens is 228 g/mol. The Hall–Kier alpha value is -2.36. The van der Waals surface area contributed by atoms with Gasteiger partial charge in [-0.05, 0) is 36.2 Å². The standard InChI is InChI=1S/C14H14N2O2/c1-14(13(17)18,10-6-8-16-9-7-10)11-4-2-3-5-12(11)15/h2-9H,15H2,1H3,(H,17,18). The molecule has 0 aliphatic rings. The van der Waals surface area contributed by atoms with Gasteiger partial charge in [-0.2, -0.15) is 0 Å². The summed E-state index contributed by atoms with van der Waals surface area (Å²) in [5.41, 5.74) is 6.44. The fourth-order valence-corrected chi connectivity index (χ4v) is 2.03. The van der Waals surface area contributed by atoms with Gasteiger partial charge in [-0.25, -0.2) is 0 Å². The van der Waals surface area contributed by atoms with Crippen LogP contribution in [0.15, 0.2) is 48.8 Å². The minimum Gasteiger partial charge on any atom is -0.480 e. The normalized spacial score (nSPS) is 13.8. The fraction of sp³-hybridized carbons (Fsp3) is 0.143. The molecule has 2 rings (SSSR count). The van der Waals surface area contributed by atoms with Crippen LogP contribution in [0.2, 0.25) is 0 Å². The first-order valence-corrected chi connectivity index (χ1v) is 5.55. The number of nitrogens with two attached hydrogens (primary N) is 1. The van der Waals surface area contributed by atoms with Crippen molar-refractivity contribution in [2.24, 2.45) is 0 Å². The molecule has 4 nitrogen and oxygen atoms in total. The highest BCUT2D eigenvalue weighted by atomic mass is 16.4. The zero-order valence-electron chi connectivity index (χ0n) is 10.00. The third kappa shape index (κ3) is 1.82. The molecule has 1 aromatic heterocycles. The number of carbonyl (C=O) groups is 1. The lowest BCUT2D eigenvalue weighted by atomic mass is 9.76. The average molecular weight is 242 g/mol. The lowest BCUT2D eigenvalue weighted by molar-refractivity contribution is -0.141. The molecule has 0 saturated heterocycles. The molecule has 0 spiro atoms. The molecule has 0 radical (unpaired) electrons. The number of hydrogen-bond donors (Lipinski definition) is 2. The van der Waals surface area contributed by atoms with Gasteiger partial charge in [-0.15, -0.1) is 0 Å². The number of carboxylic acid groups (broad SMARTS) is 1. The molecule has 1 heterocycles. The Morgan fingerprint density at radius 3 is 2.39 bits per heavy atom. The Bertz CT molecular complexity index is 569. The molecule has 3 N–H and O–H groups in total. The Morgan fingerprint density at radius 2 is 1.83 bits per heavy atom. The van der Waals surface area contributed by atoms with Crippen molar-refractivity contribution in [1.82, 2.24) is 4.98 Å². The maximum absolute atomic E-state index is 11.7. The minimum absolute atomic E-state index is 0.471. The summed E-state index contributed by atoms with van der Waals surface area (Å²) >= 11 is 0. The van der Waals surface area contributed by atoms with Crippen LogP contribution in [0.5, 0.6) is 0 Å². The fourth-order valence-electron chi connectivity index (χ4n) is 2.03. The van der Waals surface area contributed by atoms with Gasteiger partial charge in [-0.1, -0.05) is 18.2 Å². The number of rotatable bonds is 3. The molecule has 4 heteroatoms. The summed E-state index contributed by atoms with van der Waals surface area (Å²) in [7, 11) is 0. The Balaban J connectivity index is 2.67. The van der Waals surface area contributed by atoms with Gasteiger partial charge in [-0.3, -0.25) is 9.78 Å². The molecule has 0 aliphatic carbocycles. The maximum atomic E-state index is 11.7. The van der Waals surface area contributed by atoms with Crippen LogP contribution in [0.25, 0.3) is 0 Å². The van der Waals surface area contributed by atoms with Crippen LogP contribution in [0.4, 0.5) is 5.69 Å². The quantitative estimate of drug-likeness (QED) is 0.808. The van der Waals surface area contributed by atoms with Crippen molar-refractivity contribution < 1.29 is 9.90 Å². The third-order valence-electron chi connectivity index (χ3n) is 3.18. The van der Waals surface area contributed by atoms with Gasteiger partial charge in [0.15, 0.2) is 0 Å². The SMILES string of the molecule is CC(C(=O)O)(c1ccncc1)c1ccccc1N.